The molecule has 180 valence electrons. The number of hydrogen-bond acceptors (Lipinski definition) is 11. The van der Waals surface area contributed by atoms with E-state index in [1.54, 1.807) is 18.3 Å². The Labute approximate surface area is 194 Å². The topological polar surface area (TPSA) is 130 Å². The van der Waals surface area contributed by atoms with Crippen LogP contribution in [0.4, 0.5) is 4.39 Å². The van der Waals surface area contributed by atoms with Crippen LogP contribution >= 0.6 is 0 Å². The molecule has 0 aliphatic carbocycles. The monoisotopic (exact) mass is 473 g/mol. The van der Waals surface area contributed by atoms with Crippen molar-refractivity contribution >= 4 is 11.0 Å². The van der Waals surface area contributed by atoms with Crippen LogP contribution in [0.5, 0.6) is 17.6 Å². The molecular weight excluding hydrogens is 449 g/mol. The standard InChI is InChI=1S/C22H24FN5O6/c1-30-18-3-2-16-19(28-18)14(15(23)9-25-16)6-17(29)22-33-10-13(11-34-22)24-7-12-8-26-20-21(27-12)32-5-4-31-20/h2-3,8-9,13,17,22,24,29H,4-7,10-11H2,1H3/t13?,17-,22?/m0/s1. The van der Waals surface area contributed by atoms with Gasteiger partial charge < -0.3 is 34.1 Å². The molecule has 2 aliphatic heterocycles. The van der Waals surface area contributed by atoms with Crippen molar-refractivity contribution in [2.45, 2.75) is 31.4 Å². The summed E-state index contributed by atoms with van der Waals surface area (Å²) in [5.74, 6) is 0.539. The summed E-state index contributed by atoms with van der Waals surface area (Å²) in [5.41, 5.74) is 1.74. The Hall–Kier alpha value is -3.19. The Balaban J connectivity index is 1.16. The fraction of sp³-hybridized carbons (Fsp3) is 0.455. The number of aliphatic hydroxyl groups excluding tert-OH is 1. The van der Waals surface area contributed by atoms with Crippen molar-refractivity contribution in [2.24, 2.45) is 0 Å². The molecule has 0 amide bonds. The van der Waals surface area contributed by atoms with E-state index in [0.717, 1.165) is 6.20 Å². The highest BCUT2D eigenvalue weighted by Crippen LogP contribution is 2.25. The summed E-state index contributed by atoms with van der Waals surface area (Å²) in [7, 11) is 1.48. The van der Waals surface area contributed by atoms with E-state index in [1.165, 1.54) is 7.11 Å². The fourth-order valence-corrected chi connectivity index (χ4v) is 3.75. The average Bonchev–Trinajstić information content (AvgIpc) is 2.89. The maximum Gasteiger partial charge on any atom is 0.278 e. The van der Waals surface area contributed by atoms with E-state index in [2.05, 4.69) is 25.3 Å². The van der Waals surface area contributed by atoms with E-state index in [-0.39, 0.29) is 18.0 Å². The van der Waals surface area contributed by atoms with Crippen LogP contribution in [0, 0.1) is 5.82 Å². The summed E-state index contributed by atoms with van der Waals surface area (Å²) < 4.78 is 41.9. The van der Waals surface area contributed by atoms with Crippen LogP contribution in [0.1, 0.15) is 11.3 Å². The van der Waals surface area contributed by atoms with Gasteiger partial charge in [0.15, 0.2) is 6.29 Å². The number of fused-ring (bicyclic) bond motifs is 2. The predicted octanol–water partition coefficient (Wildman–Crippen LogP) is 0.773. The first kappa shape index (κ1) is 22.6. The molecule has 0 spiro atoms. The Morgan fingerprint density at radius 1 is 1.12 bits per heavy atom. The first-order valence-corrected chi connectivity index (χ1v) is 10.8. The highest BCUT2D eigenvalue weighted by atomic mass is 19.1. The number of hydrogen-bond donors (Lipinski definition) is 2. The molecule has 1 atom stereocenters. The number of nitrogens with zero attached hydrogens (tertiary/aromatic N) is 4. The Kier molecular flexibility index (Phi) is 6.63. The molecule has 2 N–H and O–H groups in total. The number of halogens is 1. The predicted molar refractivity (Wildman–Crippen MR) is 115 cm³/mol. The van der Waals surface area contributed by atoms with Gasteiger partial charge in [-0.25, -0.2) is 19.3 Å². The van der Waals surface area contributed by atoms with Crippen molar-refractivity contribution in [3.63, 3.8) is 0 Å². The second-order valence-electron chi connectivity index (χ2n) is 7.86. The van der Waals surface area contributed by atoms with E-state index >= 15 is 0 Å². The molecule has 3 aromatic heterocycles. The summed E-state index contributed by atoms with van der Waals surface area (Å²) in [6, 6.07) is 3.21. The number of aliphatic hydroxyl groups is 1. The van der Waals surface area contributed by atoms with Crippen LogP contribution < -0.4 is 19.5 Å². The van der Waals surface area contributed by atoms with E-state index in [1.807, 2.05) is 0 Å². The summed E-state index contributed by atoms with van der Waals surface area (Å²) in [6.07, 6.45) is 0.675. The third-order valence-electron chi connectivity index (χ3n) is 5.49. The summed E-state index contributed by atoms with van der Waals surface area (Å²) in [5, 5.41) is 14.0. The van der Waals surface area contributed by atoms with Gasteiger partial charge in [0.05, 0.1) is 55.5 Å². The quantitative estimate of drug-likeness (QED) is 0.505. The molecule has 0 radical (unpaired) electrons. The van der Waals surface area contributed by atoms with E-state index in [0.29, 0.717) is 67.3 Å². The summed E-state index contributed by atoms with van der Waals surface area (Å²) >= 11 is 0. The molecule has 5 rings (SSSR count). The molecule has 3 aromatic rings. The zero-order valence-corrected chi connectivity index (χ0v) is 18.4. The normalized spacial score (nSPS) is 20.8. The van der Waals surface area contributed by atoms with Crippen LogP contribution in [0.15, 0.2) is 24.5 Å². The van der Waals surface area contributed by atoms with Crippen LogP contribution in [0.25, 0.3) is 11.0 Å². The Morgan fingerprint density at radius 3 is 2.71 bits per heavy atom. The van der Waals surface area contributed by atoms with Gasteiger partial charge in [0.2, 0.25) is 5.88 Å². The van der Waals surface area contributed by atoms with Crippen molar-refractivity contribution in [3.05, 3.63) is 41.6 Å². The molecule has 5 heterocycles. The number of ether oxygens (including phenoxy) is 5. The molecule has 12 heteroatoms. The van der Waals surface area contributed by atoms with Crippen molar-refractivity contribution in [2.75, 3.05) is 33.5 Å². The lowest BCUT2D eigenvalue weighted by Gasteiger charge is -2.32. The molecule has 1 fully saturated rings. The zero-order chi connectivity index (χ0) is 23.5. The highest BCUT2D eigenvalue weighted by Gasteiger charge is 2.30. The van der Waals surface area contributed by atoms with Crippen LogP contribution in [0.2, 0.25) is 0 Å². The van der Waals surface area contributed by atoms with Crippen molar-refractivity contribution in [1.82, 2.24) is 25.3 Å². The Bertz CT molecular complexity index is 1160. The lowest BCUT2D eigenvalue weighted by atomic mass is 10.1. The van der Waals surface area contributed by atoms with Gasteiger partial charge >= 0.3 is 0 Å². The number of rotatable bonds is 7. The van der Waals surface area contributed by atoms with Gasteiger partial charge in [-0.2, -0.15) is 0 Å². The maximum atomic E-state index is 14.5. The highest BCUT2D eigenvalue weighted by molar-refractivity contribution is 5.78. The van der Waals surface area contributed by atoms with E-state index in [4.69, 9.17) is 23.7 Å². The number of aromatic nitrogens is 4. The van der Waals surface area contributed by atoms with Gasteiger partial charge in [0.25, 0.3) is 11.8 Å². The maximum absolute atomic E-state index is 14.5. The van der Waals surface area contributed by atoms with Gasteiger partial charge in [-0.3, -0.25) is 4.98 Å². The van der Waals surface area contributed by atoms with Crippen LogP contribution in [-0.4, -0.2) is 77.0 Å². The summed E-state index contributed by atoms with van der Waals surface area (Å²) in [4.78, 5) is 16.9. The smallest absolute Gasteiger partial charge is 0.278 e. The van der Waals surface area contributed by atoms with E-state index < -0.39 is 18.2 Å². The van der Waals surface area contributed by atoms with Gasteiger partial charge in [0, 0.05) is 24.6 Å². The van der Waals surface area contributed by atoms with E-state index in [9.17, 15) is 9.50 Å². The largest absolute Gasteiger partial charge is 0.481 e. The number of pyridine rings is 2. The minimum atomic E-state index is -1.10. The lowest BCUT2D eigenvalue weighted by molar-refractivity contribution is -0.230. The Morgan fingerprint density at radius 2 is 1.91 bits per heavy atom. The average molecular weight is 473 g/mol. The molecule has 2 aliphatic rings. The third kappa shape index (κ3) is 4.85. The molecule has 0 unspecified atom stereocenters. The molecular formula is C22H24FN5O6. The lowest BCUT2D eigenvalue weighted by Crippen LogP contribution is -2.48. The second-order valence-corrected chi connectivity index (χ2v) is 7.86. The van der Waals surface area contributed by atoms with Gasteiger partial charge in [-0.15, -0.1) is 0 Å². The zero-order valence-electron chi connectivity index (χ0n) is 18.4. The minimum absolute atomic E-state index is 0.0550. The first-order chi connectivity index (χ1) is 16.6. The minimum Gasteiger partial charge on any atom is -0.481 e. The van der Waals surface area contributed by atoms with Gasteiger partial charge in [-0.05, 0) is 6.07 Å². The molecule has 0 saturated carbocycles. The molecule has 11 nitrogen and oxygen atoms in total. The molecule has 0 aromatic carbocycles. The molecule has 1 saturated heterocycles. The van der Waals surface area contributed by atoms with Crippen LogP contribution in [0.3, 0.4) is 0 Å². The van der Waals surface area contributed by atoms with Gasteiger partial charge in [-0.1, -0.05) is 0 Å². The fourth-order valence-electron chi connectivity index (χ4n) is 3.75. The van der Waals surface area contributed by atoms with Crippen molar-refractivity contribution in [1.29, 1.82) is 0 Å². The number of methoxy groups -OCH3 is 1. The number of nitrogens with one attached hydrogen (secondary N) is 1. The molecule has 0 bridgehead atoms. The summed E-state index contributed by atoms with van der Waals surface area (Å²) in [6.45, 7) is 1.92. The van der Waals surface area contributed by atoms with Gasteiger partial charge in [0.1, 0.15) is 25.1 Å². The second kappa shape index (κ2) is 9.97. The van der Waals surface area contributed by atoms with Crippen molar-refractivity contribution < 1.29 is 33.2 Å². The molecule has 34 heavy (non-hydrogen) atoms. The third-order valence-corrected chi connectivity index (χ3v) is 5.49. The van der Waals surface area contributed by atoms with Crippen molar-refractivity contribution in [3.8, 4) is 17.6 Å². The first-order valence-electron chi connectivity index (χ1n) is 10.8. The SMILES string of the molecule is COc1ccc2ncc(F)c(C[C@H](O)C3OCC(NCc4cnc5c(n4)OCCO5)CO3)c2n1. The van der Waals surface area contributed by atoms with Crippen LogP contribution in [-0.2, 0) is 22.4 Å².